The van der Waals surface area contributed by atoms with Crippen molar-refractivity contribution in [1.82, 2.24) is 4.98 Å². The molecule has 1 aromatic carbocycles. The molecule has 1 heterocycles. The van der Waals surface area contributed by atoms with Gasteiger partial charge in [0.25, 0.3) is 0 Å². The summed E-state index contributed by atoms with van der Waals surface area (Å²) in [6.45, 7) is -0.0289. The van der Waals surface area contributed by atoms with Gasteiger partial charge in [-0.2, -0.15) is 0 Å². The quantitative estimate of drug-likeness (QED) is 0.771. The van der Waals surface area contributed by atoms with Crippen molar-refractivity contribution >= 4 is 22.7 Å². The molecule has 0 radical (unpaired) electrons. The van der Waals surface area contributed by atoms with Gasteiger partial charge in [0.1, 0.15) is 0 Å². The number of hydrogen-bond acceptors (Lipinski definition) is 3. The van der Waals surface area contributed by atoms with Crippen LogP contribution in [0.25, 0.3) is 10.9 Å². The molecule has 1 aromatic heterocycles. The Morgan fingerprint density at radius 1 is 1.04 bits per heavy atom. The Morgan fingerprint density at radius 3 is 2.41 bits per heavy atom. The lowest BCUT2D eigenvalue weighted by Crippen LogP contribution is -2.51. The van der Waals surface area contributed by atoms with Crippen molar-refractivity contribution in [2.24, 2.45) is 23.2 Å². The maximum absolute atomic E-state index is 12.9. The van der Waals surface area contributed by atoms with Gasteiger partial charge in [-0.05, 0) is 74.3 Å². The molecule has 4 bridgehead atoms. The lowest BCUT2D eigenvalue weighted by molar-refractivity contribution is -0.157. The Labute approximate surface area is 159 Å². The van der Waals surface area contributed by atoms with Gasteiger partial charge >= 0.3 is 5.97 Å². The fourth-order valence-corrected chi connectivity index (χ4v) is 6.40. The second-order valence-electron chi connectivity index (χ2n) is 9.14. The van der Waals surface area contributed by atoms with E-state index in [9.17, 15) is 9.59 Å². The van der Waals surface area contributed by atoms with Crippen LogP contribution in [-0.4, -0.2) is 23.3 Å². The van der Waals surface area contributed by atoms with Crippen LogP contribution >= 0.6 is 0 Å². The number of aromatic amines is 1. The summed E-state index contributed by atoms with van der Waals surface area (Å²) < 4.78 is 5.41. The van der Waals surface area contributed by atoms with Gasteiger partial charge in [-0.25, -0.2) is 0 Å². The van der Waals surface area contributed by atoms with E-state index in [-0.39, 0.29) is 23.8 Å². The number of nitrogens with one attached hydrogen (secondary N) is 1. The van der Waals surface area contributed by atoms with E-state index in [0.717, 1.165) is 53.5 Å². The van der Waals surface area contributed by atoms with Crippen LogP contribution in [0.1, 0.15) is 50.5 Å². The fourth-order valence-electron chi connectivity index (χ4n) is 6.40. The van der Waals surface area contributed by atoms with Crippen LogP contribution in [-0.2, 0) is 20.7 Å². The van der Waals surface area contributed by atoms with Gasteiger partial charge in [0.05, 0.1) is 0 Å². The summed E-state index contributed by atoms with van der Waals surface area (Å²) in [7, 11) is 0. The number of fused-ring (bicyclic) bond motifs is 1. The van der Waals surface area contributed by atoms with E-state index in [4.69, 9.17) is 4.74 Å². The minimum Gasteiger partial charge on any atom is -0.458 e. The van der Waals surface area contributed by atoms with Crippen LogP contribution in [0.3, 0.4) is 0 Å². The number of aromatic nitrogens is 1. The highest BCUT2D eigenvalue weighted by atomic mass is 16.5. The number of Topliss-reactive ketones (excluding diaryl/α,β-unsaturated/α-hetero) is 1. The highest BCUT2D eigenvalue weighted by Crippen LogP contribution is 2.60. The number of para-hydroxylation sites is 1. The first kappa shape index (κ1) is 17.0. The third-order valence-electron chi connectivity index (χ3n) is 7.27. The summed E-state index contributed by atoms with van der Waals surface area (Å²) in [6, 6.07) is 8.08. The van der Waals surface area contributed by atoms with Crippen LogP contribution in [0.4, 0.5) is 0 Å². The van der Waals surface area contributed by atoms with Gasteiger partial charge in [0.2, 0.25) is 0 Å². The van der Waals surface area contributed by atoms with Crippen molar-refractivity contribution in [3.63, 3.8) is 0 Å². The summed E-state index contributed by atoms with van der Waals surface area (Å²) in [5, 5.41) is 1.15. The molecule has 0 aliphatic heterocycles. The zero-order chi connectivity index (χ0) is 18.4. The van der Waals surface area contributed by atoms with Crippen molar-refractivity contribution in [3.8, 4) is 0 Å². The Hall–Kier alpha value is -2.10. The second kappa shape index (κ2) is 6.50. The number of hydrogen-bond donors (Lipinski definition) is 1. The monoisotopic (exact) mass is 365 g/mol. The Morgan fingerprint density at radius 2 is 1.70 bits per heavy atom. The first-order chi connectivity index (χ1) is 13.1. The molecule has 27 heavy (non-hydrogen) atoms. The maximum atomic E-state index is 12.9. The van der Waals surface area contributed by atoms with E-state index in [2.05, 4.69) is 11.1 Å². The average Bonchev–Trinajstić information content (AvgIpc) is 3.06. The predicted molar refractivity (Wildman–Crippen MR) is 103 cm³/mol. The molecule has 0 saturated heterocycles. The Kier molecular flexibility index (Phi) is 4.10. The zero-order valence-corrected chi connectivity index (χ0v) is 15.7. The second-order valence-corrected chi connectivity index (χ2v) is 9.14. The predicted octanol–water partition coefficient (Wildman–Crippen LogP) is 4.43. The summed E-state index contributed by atoms with van der Waals surface area (Å²) in [4.78, 5) is 28.4. The lowest BCUT2D eigenvalue weighted by atomic mass is 9.48. The SMILES string of the molecule is O=C(CCc1c[nH]c2ccccc12)OCC(=O)C12CC3CC(CC(C3)C1)C2. The van der Waals surface area contributed by atoms with Crippen molar-refractivity contribution in [2.75, 3.05) is 6.61 Å². The lowest BCUT2D eigenvalue weighted by Gasteiger charge is -2.55. The number of carbonyl (C=O) groups is 2. The van der Waals surface area contributed by atoms with Crippen molar-refractivity contribution < 1.29 is 14.3 Å². The normalized spacial score (nSPS) is 31.3. The standard InChI is InChI=1S/C23H27NO3/c25-21(23-10-15-7-16(11-23)9-17(8-15)12-23)14-27-22(26)6-5-18-13-24-20-4-2-1-3-19(18)20/h1-4,13,15-17,24H,5-12,14H2. The molecule has 4 saturated carbocycles. The first-order valence-corrected chi connectivity index (χ1v) is 10.4. The molecule has 6 rings (SSSR count). The van der Waals surface area contributed by atoms with Gasteiger partial charge in [-0.1, -0.05) is 18.2 Å². The smallest absolute Gasteiger partial charge is 0.306 e. The molecule has 1 N–H and O–H groups in total. The topological polar surface area (TPSA) is 59.2 Å². The number of esters is 1. The summed E-state index contributed by atoms with van der Waals surface area (Å²) in [5.41, 5.74) is 2.03. The number of aryl methyl sites for hydroxylation is 1. The van der Waals surface area contributed by atoms with Gasteiger partial charge in [-0.15, -0.1) is 0 Å². The molecule has 2 aromatic rings. The largest absolute Gasteiger partial charge is 0.458 e. The van der Waals surface area contributed by atoms with E-state index in [1.165, 1.54) is 19.3 Å². The summed E-state index contributed by atoms with van der Waals surface area (Å²) in [5.74, 6) is 2.12. The van der Waals surface area contributed by atoms with Gasteiger partial charge < -0.3 is 9.72 Å². The molecule has 4 aliphatic rings. The molecule has 0 amide bonds. The summed E-state index contributed by atoms with van der Waals surface area (Å²) >= 11 is 0. The molecule has 0 atom stereocenters. The molecule has 0 unspecified atom stereocenters. The molecule has 4 fully saturated rings. The number of benzene rings is 1. The van der Waals surface area contributed by atoms with Crippen LogP contribution in [0.2, 0.25) is 0 Å². The highest BCUT2D eigenvalue weighted by molar-refractivity contribution is 5.88. The third kappa shape index (κ3) is 3.09. The van der Waals surface area contributed by atoms with Crippen molar-refractivity contribution in [2.45, 2.75) is 51.4 Å². The number of H-pyrrole nitrogens is 1. The average molecular weight is 365 g/mol. The molecular weight excluding hydrogens is 338 g/mol. The molecule has 0 spiro atoms. The number of carbonyl (C=O) groups excluding carboxylic acids is 2. The van der Waals surface area contributed by atoms with Crippen molar-refractivity contribution in [3.05, 3.63) is 36.0 Å². The Bertz CT molecular complexity index is 845. The highest BCUT2D eigenvalue weighted by Gasteiger charge is 2.54. The van der Waals surface area contributed by atoms with Gasteiger partial charge in [-0.3, -0.25) is 9.59 Å². The van der Waals surface area contributed by atoms with Crippen LogP contribution in [0, 0.1) is 23.2 Å². The third-order valence-corrected chi connectivity index (χ3v) is 7.27. The number of rotatable bonds is 6. The van der Waals surface area contributed by atoms with E-state index in [1.807, 2.05) is 24.4 Å². The number of ether oxygens (including phenoxy) is 1. The molecule has 142 valence electrons. The van der Waals surface area contributed by atoms with Crippen LogP contribution < -0.4 is 0 Å². The van der Waals surface area contributed by atoms with E-state index >= 15 is 0 Å². The zero-order valence-electron chi connectivity index (χ0n) is 15.7. The molecule has 4 nitrogen and oxygen atoms in total. The van der Waals surface area contributed by atoms with Crippen LogP contribution in [0.15, 0.2) is 30.5 Å². The van der Waals surface area contributed by atoms with E-state index < -0.39 is 0 Å². The van der Waals surface area contributed by atoms with E-state index in [0.29, 0.717) is 12.8 Å². The molecular formula is C23H27NO3. The van der Waals surface area contributed by atoms with Gasteiger partial charge in [0, 0.05) is 28.9 Å². The Balaban J connectivity index is 1.16. The molecule has 4 heteroatoms. The minimum atomic E-state index is -0.265. The fraction of sp³-hybridized carbons (Fsp3) is 0.565. The first-order valence-electron chi connectivity index (χ1n) is 10.4. The maximum Gasteiger partial charge on any atom is 0.306 e. The minimum absolute atomic E-state index is 0.0289. The number of ketones is 1. The summed E-state index contributed by atoms with van der Waals surface area (Å²) in [6.07, 6.45) is 9.95. The van der Waals surface area contributed by atoms with Crippen LogP contribution in [0.5, 0.6) is 0 Å². The van der Waals surface area contributed by atoms with E-state index in [1.54, 1.807) is 0 Å². The van der Waals surface area contributed by atoms with Crippen molar-refractivity contribution in [1.29, 1.82) is 0 Å². The van der Waals surface area contributed by atoms with Gasteiger partial charge in [0.15, 0.2) is 12.4 Å². The molecule has 4 aliphatic carbocycles.